The van der Waals surface area contributed by atoms with Crippen LogP contribution in [0.5, 0.6) is 5.75 Å². The van der Waals surface area contributed by atoms with Crippen molar-refractivity contribution in [2.75, 3.05) is 20.2 Å². The number of rotatable bonds is 8. The van der Waals surface area contributed by atoms with Crippen molar-refractivity contribution in [1.29, 1.82) is 0 Å². The van der Waals surface area contributed by atoms with Crippen molar-refractivity contribution in [1.82, 2.24) is 10.2 Å². The van der Waals surface area contributed by atoms with Gasteiger partial charge in [0.1, 0.15) is 12.4 Å². The second kappa shape index (κ2) is 9.44. The molecule has 4 nitrogen and oxygen atoms in total. The van der Waals surface area contributed by atoms with E-state index < -0.39 is 0 Å². The molecule has 134 valence electrons. The predicted octanol–water partition coefficient (Wildman–Crippen LogP) is 3.66. The number of amides is 1. The molecular formula is C20H25ClN2O2. The van der Waals surface area contributed by atoms with E-state index in [1.54, 1.807) is 0 Å². The SMILES string of the molecule is Cc1ccc(OCCN(C)C(C)C(=O)NCc2ccccc2Cl)cc1. The zero-order chi connectivity index (χ0) is 18.2. The van der Waals surface area contributed by atoms with E-state index in [1.165, 1.54) is 5.56 Å². The minimum Gasteiger partial charge on any atom is -0.492 e. The van der Waals surface area contributed by atoms with Gasteiger partial charge in [0.2, 0.25) is 5.91 Å². The second-order valence-corrected chi connectivity index (χ2v) is 6.53. The molecule has 0 fully saturated rings. The van der Waals surface area contributed by atoms with Crippen molar-refractivity contribution in [3.05, 3.63) is 64.7 Å². The van der Waals surface area contributed by atoms with Gasteiger partial charge in [0, 0.05) is 18.1 Å². The maximum absolute atomic E-state index is 12.3. The van der Waals surface area contributed by atoms with Crippen LogP contribution >= 0.6 is 11.6 Å². The predicted molar refractivity (Wildman–Crippen MR) is 102 cm³/mol. The summed E-state index contributed by atoms with van der Waals surface area (Å²) in [5.74, 6) is 0.813. The van der Waals surface area contributed by atoms with Gasteiger partial charge in [-0.15, -0.1) is 0 Å². The number of hydrogen-bond donors (Lipinski definition) is 1. The molecule has 1 N–H and O–H groups in total. The largest absolute Gasteiger partial charge is 0.492 e. The normalized spacial score (nSPS) is 12.0. The van der Waals surface area contributed by atoms with Crippen molar-refractivity contribution < 1.29 is 9.53 Å². The van der Waals surface area contributed by atoms with Crippen LogP contribution < -0.4 is 10.1 Å². The Morgan fingerprint density at radius 2 is 1.88 bits per heavy atom. The lowest BCUT2D eigenvalue weighted by atomic mass is 10.2. The Bertz CT molecular complexity index is 688. The highest BCUT2D eigenvalue weighted by atomic mass is 35.5. The molecule has 0 saturated carbocycles. The van der Waals surface area contributed by atoms with Crippen LogP contribution in [0.1, 0.15) is 18.1 Å². The van der Waals surface area contributed by atoms with Gasteiger partial charge in [0.05, 0.1) is 6.04 Å². The third kappa shape index (κ3) is 6.07. The van der Waals surface area contributed by atoms with E-state index in [9.17, 15) is 4.79 Å². The van der Waals surface area contributed by atoms with Gasteiger partial charge >= 0.3 is 0 Å². The van der Waals surface area contributed by atoms with Crippen LogP contribution in [0.25, 0.3) is 0 Å². The lowest BCUT2D eigenvalue weighted by molar-refractivity contribution is -0.125. The van der Waals surface area contributed by atoms with E-state index in [0.29, 0.717) is 24.7 Å². The summed E-state index contributed by atoms with van der Waals surface area (Å²) < 4.78 is 5.72. The summed E-state index contributed by atoms with van der Waals surface area (Å²) in [4.78, 5) is 14.3. The fourth-order valence-electron chi connectivity index (χ4n) is 2.31. The molecule has 2 aromatic carbocycles. The average Bonchev–Trinajstić information content (AvgIpc) is 2.61. The molecule has 0 aliphatic rings. The molecule has 0 radical (unpaired) electrons. The van der Waals surface area contributed by atoms with Crippen molar-refractivity contribution in [3.8, 4) is 5.75 Å². The molecule has 1 unspecified atom stereocenters. The first-order valence-corrected chi connectivity index (χ1v) is 8.76. The maximum Gasteiger partial charge on any atom is 0.237 e. The van der Waals surface area contributed by atoms with Crippen LogP contribution in [0, 0.1) is 6.92 Å². The van der Waals surface area contributed by atoms with Crippen molar-refractivity contribution in [2.45, 2.75) is 26.4 Å². The smallest absolute Gasteiger partial charge is 0.237 e. The number of ether oxygens (including phenoxy) is 1. The fraction of sp³-hybridized carbons (Fsp3) is 0.350. The van der Waals surface area contributed by atoms with Crippen LogP contribution in [0.15, 0.2) is 48.5 Å². The molecule has 0 aliphatic heterocycles. The minimum atomic E-state index is -0.246. The van der Waals surface area contributed by atoms with Crippen LogP contribution in [0.4, 0.5) is 0 Å². The van der Waals surface area contributed by atoms with E-state index in [-0.39, 0.29) is 11.9 Å². The van der Waals surface area contributed by atoms with Gasteiger partial charge in [-0.3, -0.25) is 9.69 Å². The topological polar surface area (TPSA) is 41.6 Å². The number of nitrogens with one attached hydrogen (secondary N) is 1. The average molecular weight is 361 g/mol. The Balaban J connectivity index is 1.74. The van der Waals surface area contributed by atoms with Crippen molar-refractivity contribution >= 4 is 17.5 Å². The molecule has 0 aromatic heterocycles. The van der Waals surface area contributed by atoms with Gasteiger partial charge in [-0.05, 0) is 44.7 Å². The highest BCUT2D eigenvalue weighted by molar-refractivity contribution is 6.31. The molecule has 1 atom stereocenters. The molecule has 25 heavy (non-hydrogen) atoms. The molecule has 0 spiro atoms. The number of halogens is 1. The molecule has 0 saturated heterocycles. The first-order valence-electron chi connectivity index (χ1n) is 8.38. The molecule has 2 aromatic rings. The summed E-state index contributed by atoms with van der Waals surface area (Å²) >= 11 is 6.11. The molecule has 5 heteroatoms. The standard InChI is InChI=1S/C20H25ClN2O2/c1-15-8-10-18(11-9-15)25-13-12-23(3)16(2)20(24)22-14-17-6-4-5-7-19(17)21/h4-11,16H,12-14H2,1-3H3,(H,22,24). The highest BCUT2D eigenvalue weighted by Gasteiger charge is 2.17. The van der Waals surface area contributed by atoms with Gasteiger partial charge in [0.25, 0.3) is 0 Å². The zero-order valence-electron chi connectivity index (χ0n) is 15.0. The first kappa shape index (κ1) is 19.3. The third-order valence-corrected chi connectivity index (χ3v) is 4.55. The van der Waals surface area contributed by atoms with Crippen LogP contribution in [0.2, 0.25) is 5.02 Å². The monoisotopic (exact) mass is 360 g/mol. The number of benzene rings is 2. The molecular weight excluding hydrogens is 336 g/mol. The summed E-state index contributed by atoms with van der Waals surface area (Å²) in [6.07, 6.45) is 0. The van der Waals surface area contributed by atoms with Crippen LogP contribution in [-0.2, 0) is 11.3 Å². The summed E-state index contributed by atoms with van der Waals surface area (Å²) in [5.41, 5.74) is 2.11. The zero-order valence-corrected chi connectivity index (χ0v) is 15.7. The number of aryl methyl sites for hydroxylation is 1. The Morgan fingerprint density at radius 3 is 2.56 bits per heavy atom. The molecule has 2 rings (SSSR count). The lowest BCUT2D eigenvalue weighted by Gasteiger charge is -2.24. The van der Waals surface area contributed by atoms with E-state index in [1.807, 2.05) is 74.3 Å². The highest BCUT2D eigenvalue weighted by Crippen LogP contribution is 2.14. The number of carbonyl (C=O) groups is 1. The number of nitrogens with zero attached hydrogens (tertiary/aromatic N) is 1. The van der Waals surface area contributed by atoms with Gasteiger partial charge in [0.15, 0.2) is 0 Å². The Labute approximate surface area is 154 Å². The fourth-order valence-corrected chi connectivity index (χ4v) is 2.51. The Kier molecular flexibility index (Phi) is 7.29. The van der Waals surface area contributed by atoms with Crippen molar-refractivity contribution in [3.63, 3.8) is 0 Å². The van der Waals surface area contributed by atoms with Gasteiger partial charge in [-0.25, -0.2) is 0 Å². The van der Waals surface area contributed by atoms with E-state index in [0.717, 1.165) is 11.3 Å². The third-order valence-electron chi connectivity index (χ3n) is 4.19. The maximum atomic E-state index is 12.3. The summed E-state index contributed by atoms with van der Waals surface area (Å²) in [7, 11) is 1.91. The number of likely N-dealkylation sites (N-methyl/N-ethyl adjacent to an activating group) is 1. The van der Waals surface area contributed by atoms with E-state index in [2.05, 4.69) is 5.32 Å². The number of hydrogen-bond acceptors (Lipinski definition) is 3. The lowest BCUT2D eigenvalue weighted by Crippen LogP contribution is -2.44. The van der Waals surface area contributed by atoms with Gasteiger partial charge in [-0.1, -0.05) is 47.5 Å². The van der Waals surface area contributed by atoms with Gasteiger partial charge < -0.3 is 10.1 Å². The summed E-state index contributed by atoms with van der Waals surface area (Å²) in [6, 6.07) is 15.2. The molecule has 0 aliphatic carbocycles. The quantitative estimate of drug-likeness (QED) is 0.781. The van der Waals surface area contributed by atoms with E-state index >= 15 is 0 Å². The molecule has 0 bridgehead atoms. The first-order chi connectivity index (χ1) is 12.0. The second-order valence-electron chi connectivity index (χ2n) is 6.13. The summed E-state index contributed by atoms with van der Waals surface area (Å²) in [5, 5.41) is 3.59. The molecule has 0 heterocycles. The van der Waals surface area contributed by atoms with Crippen molar-refractivity contribution in [2.24, 2.45) is 0 Å². The van der Waals surface area contributed by atoms with E-state index in [4.69, 9.17) is 16.3 Å². The van der Waals surface area contributed by atoms with Crippen LogP contribution in [-0.4, -0.2) is 37.0 Å². The Hall–Kier alpha value is -2.04. The molecule has 1 amide bonds. The van der Waals surface area contributed by atoms with Gasteiger partial charge in [-0.2, -0.15) is 0 Å². The summed E-state index contributed by atoms with van der Waals surface area (Å²) in [6.45, 7) is 5.54. The number of carbonyl (C=O) groups excluding carboxylic acids is 1. The Morgan fingerprint density at radius 1 is 1.20 bits per heavy atom. The van der Waals surface area contributed by atoms with Crippen LogP contribution in [0.3, 0.4) is 0 Å². The minimum absolute atomic E-state index is 0.0299.